The van der Waals surface area contributed by atoms with E-state index in [2.05, 4.69) is 10.6 Å². The maximum atomic E-state index is 12.8. The number of nitrogens with one attached hydrogen (secondary N) is 3. The molecule has 9 heteroatoms. The highest BCUT2D eigenvalue weighted by molar-refractivity contribution is 7.91. The van der Waals surface area contributed by atoms with Crippen molar-refractivity contribution in [3.63, 3.8) is 0 Å². The zero-order chi connectivity index (χ0) is 22.3. The molecule has 0 aromatic heterocycles. The monoisotopic (exact) mass is 465 g/mol. The molecule has 0 spiro atoms. The Morgan fingerprint density at radius 1 is 1.06 bits per heavy atom. The Labute approximate surface area is 188 Å². The molecule has 31 heavy (non-hydrogen) atoms. The van der Waals surface area contributed by atoms with Crippen molar-refractivity contribution >= 4 is 33.0 Å². The van der Waals surface area contributed by atoms with Gasteiger partial charge in [-0.15, -0.1) is 0 Å². The van der Waals surface area contributed by atoms with Crippen molar-refractivity contribution in [1.29, 1.82) is 0 Å². The lowest BCUT2D eigenvalue weighted by Crippen LogP contribution is -2.47. The van der Waals surface area contributed by atoms with Crippen LogP contribution in [0.4, 0.5) is 5.69 Å². The molecular formula is C22H28ClN3O4S. The molecule has 4 N–H and O–H groups in total. The molecule has 0 radical (unpaired) electrons. The SMILES string of the molecule is O=C(NO)C1(CCS(=O)(=O)c2ccc(NCCc3ccc(Cl)cc3)cc2)CCNCC1. The highest BCUT2D eigenvalue weighted by atomic mass is 35.5. The molecule has 2 aromatic rings. The molecule has 1 saturated heterocycles. The number of rotatable bonds is 9. The topological polar surface area (TPSA) is 108 Å². The Hall–Kier alpha value is -2.13. The third kappa shape index (κ3) is 6.20. The molecule has 1 heterocycles. The van der Waals surface area contributed by atoms with Crippen LogP contribution in [0.2, 0.25) is 5.02 Å². The average Bonchev–Trinajstić information content (AvgIpc) is 2.79. The van der Waals surface area contributed by atoms with Crippen LogP contribution in [-0.4, -0.2) is 44.9 Å². The normalized spacial score (nSPS) is 15.9. The average molecular weight is 466 g/mol. The van der Waals surface area contributed by atoms with Gasteiger partial charge in [0, 0.05) is 17.3 Å². The number of amides is 1. The van der Waals surface area contributed by atoms with E-state index in [9.17, 15) is 13.2 Å². The predicted octanol–water partition coefficient (Wildman–Crippen LogP) is 3.03. The fraction of sp³-hybridized carbons (Fsp3) is 0.409. The molecule has 0 saturated carbocycles. The van der Waals surface area contributed by atoms with Crippen LogP contribution in [-0.2, 0) is 21.1 Å². The van der Waals surface area contributed by atoms with Crippen molar-refractivity contribution < 1.29 is 18.4 Å². The summed E-state index contributed by atoms with van der Waals surface area (Å²) in [5.74, 6) is -0.659. The minimum Gasteiger partial charge on any atom is -0.385 e. The zero-order valence-corrected chi connectivity index (χ0v) is 18.8. The molecule has 2 aromatic carbocycles. The van der Waals surface area contributed by atoms with E-state index in [1.54, 1.807) is 29.7 Å². The second-order valence-corrected chi connectivity index (χ2v) is 10.4. The fourth-order valence-electron chi connectivity index (χ4n) is 3.84. The van der Waals surface area contributed by atoms with E-state index in [0.29, 0.717) is 37.5 Å². The Kier molecular flexibility index (Phi) is 7.94. The van der Waals surface area contributed by atoms with E-state index in [0.717, 1.165) is 17.7 Å². The van der Waals surface area contributed by atoms with Crippen LogP contribution in [0, 0.1) is 5.41 Å². The first kappa shape index (κ1) is 23.5. The number of carbonyl (C=O) groups is 1. The van der Waals surface area contributed by atoms with Crippen LogP contribution >= 0.6 is 11.6 Å². The Morgan fingerprint density at radius 3 is 2.32 bits per heavy atom. The van der Waals surface area contributed by atoms with Crippen LogP contribution < -0.4 is 16.1 Å². The molecule has 3 rings (SSSR count). The molecule has 1 amide bonds. The minimum atomic E-state index is -3.55. The molecule has 0 aliphatic carbocycles. The number of anilines is 1. The molecule has 0 unspecified atom stereocenters. The summed E-state index contributed by atoms with van der Waals surface area (Å²) in [6.45, 7) is 1.94. The van der Waals surface area contributed by atoms with Crippen molar-refractivity contribution in [2.24, 2.45) is 5.41 Å². The molecule has 1 aliphatic heterocycles. The summed E-state index contributed by atoms with van der Waals surface area (Å²) in [6, 6.07) is 14.3. The third-order valence-corrected chi connectivity index (χ3v) is 7.85. The zero-order valence-electron chi connectivity index (χ0n) is 17.2. The quantitative estimate of drug-likeness (QED) is 0.335. The number of halogens is 1. The van der Waals surface area contributed by atoms with E-state index in [4.69, 9.17) is 16.8 Å². The van der Waals surface area contributed by atoms with Crippen molar-refractivity contribution in [2.45, 2.75) is 30.6 Å². The summed E-state index contributed by atoms with van der Waals surface area (Å²) in [7, 11) is -3.55. The van der Waals surface area contributed by atoms with Gasteiger partial charge in [0.05, 0.1) is 16.1 Å². The first-order valence-corrected chi connectivity index (χ1v) is 12.3. The summed E-state index contributed by atoms with van der Waals surface area (Å²) in [6.07, 6.45) is 1.97. The van der Waals surface area contributed by atoms with Gasteiger partial charge in [-0.25, -0.2) is 13.9 Å². The standard InChI is InChI=1S/C22H28ClN3O4S/c23-18-3-1-17(2-4-18)9-13-25-19-5-7-20(8-6-19)31(29,30)16-12-22(21(27)26-28)10-14-24-15-11-22/h1-8,24-25,28H,9-16H2,(H,26,27). The summed E-state index contributed by atoms with van der Waals surface area (Å²) < 4.78 is 25.6. The highest BCUT2D eigenvalue weighted by Gasteiger charge is 2.40. The van der Waals surface area contributed by atoms with Crippen molar-refractivity contribution in [1.82, 2.24) is 10.8 Å². The fourth-order valence-corrected chi connectivity index (χ4v) is 5.42. The largest absolute Gasteiger partial charge is 0.385 e. The number of piperidine rings is 1. The van der Waals surface area contributed by atoms with Gasteiger partial charge in [0.1, 0.15) is 0 Å². The maximum absolute atomic E-state index is 12.8. The first-order chi connectivity index (χ1) is 14.8. The van der Waals surface area contributed by atoms with Crippen LogP contribution in [0.3, 0.4) is 0 Å². The molecule has 168 valence electrons. The van der Waals surface area contributed by atoms with Crippen molar-refractivity contribution in [3.05, 3.63) is 59.1 Å². The van der Waals surface area contributed by atoms with Crippen LogP contribution in [0.15, 0.2) is 53.4 Å². The smallest absolute Gasteiger partial charge is 0.249 e. The van der Waals surface area contributed by atoms with Gasteiger partial charge in [0.2, 0.25) is 5.91 Å². The van der Waals surface area contributed by atoms with E-state index < -0.39 is 21.2 Å². The molecule has 1 aliphatic rings. The molecule has 1 fully saturated rings. The van der Waals surface area contributed by atoms with Gasteiger partial charge in [-0.3, -0.25) is 10.0 Å². The minimum absolute atomic E-state index is 0.149. The Bertz CT molecular complexity index is 973. The van der Waals surface area contributed by atoms with Crippen LogP contribution in [0.1, 0.15) is 24.8 Å². The van der Waals surface area contributed by atoms with Crippen LogP contribution in [0.5, 0.6) is 0 Å². The molecule has 0 bridgehead atoms. The maximum Gasteiger partial charge on any atom is 0.249 e. The second-order valence-electron chi connectivity index (χ2n) is 7.87. The Morgan fingerprint density at radius 2 is 1.71 bits per heavy atom. The number of carbonyl (C=O) groups excluding carboxylic acids is 1. The van der Waals surface area contributed by atoms with Crippen molar-refractivity contribution in [2.75, 3.05) is 30.7 Å². The van der Waals surface area contributed by atoms with Gasteiger partial charge >= 0.3 is 0 Å². The van der Waals surface area contributed by atoms with E-state index in [1.165, 1.54) is 0 Å². The van der Waals surface area contributed by atoms with Gasteiger partial charge in [-0.2, -0.15) is 0 Å². The predicted molar refractivity (Wildman–Crippen MR) is 121 cm³/mol. The Balaban J connectivity index is 1.57. The lowest BCUT2D eigenvalue weighted by atomic mass is 9.76. The highest BCUT2D eigenvalue weighted by Crippen LogP contribution is 2.34. The lowest BCUT2D eigenvalue weighted by Gasteiger charge is -2.35. The number of hydrogen-bond acceptors (Lipinski definition) is 6. The van der Waals surface area contributed by atoms with E-state index in [1.807, 2.05) is 24.3 Å². The van der Waals surface area contributed by atoms with Crippen molar-refractivity contribution in [3.8, 4) is 0 Å². The van der Waals surface area contributed by atoms with Gasteiger partial charge in [0.15, 0.2) is 9.84 Å². The molecular weight excluding hydrogens is 438 g/mol. The third-order valence-electron chi connectivity index (χ3n) is 5.86. The summed E-state index contributed by atoms with van der Waals surface area (Å²) in [4.78, 5) is 12.4. The summed E-state index contributed by atoms with van der Waals surface area (Å²) in [5.41, 5.74) is 2.85. The second kappa shape index (κ2) is 10.5. The summed E-state index contributed by atoms with van der Waals surface area (Å²) >= 11 is 5.89. The number of sulfone groups is 1. The van der Waals surface area contributed by atoms with Gasteiger partial charge < -0.3 is 10.6 Å². The van der Waals surface area contributed by atoms with E-state index in [-0.39, 0.29) is 17.1 Å². The van der Waals surface area contributed by atoms with Gasteiger partial charge in [-0.05, 0) is 80.7 Å². The van der Waals surface area contributed by atoms with Gasteiger partial charge in [0.25, 0.3) is 0 Å². The first-order valence-electron chi connectivity index (χ1n) is 10.3. The number of hydroxylamine groups is 1. The number of hydrogen-bond donors (Lipinski definition) is 4. The number of benzene rings is 2. The van der Waals surface area contributed by atoms with E-state index >= 15 is 0 Å². The summed E-state index contributed by atoms with van der Waals surface area (Å²) in [5, 5.41) is 16.3. The molecule has 0 atom stereocenters. The molecule has 7 nitrogen and oxygen atoms in total. The van der Waals surface area contributed by atoms with Crippen LogP contribution in [0.25, 0.3) is 0 Å². The van der Waals surface area contributed by atoms with Gasteiger partial charge in [-0.1, -0.05) is 23.7 Å². The lowest BCUT2D eigenvalue weighted by molar-refractivity contribution is -0.141.